The molecule has 0 bridgehead atoms. The number of nitrogens with one attached hydrogen (secondary N) is 1. The zero-order valence-corrected chi connectivity index (χ0v) is 14.4. The molecule has 1 amide bonds. The Morgan fingerprint density at radius 1 is 1.17 bits per heavy atom. The minimum atomic E-state index is -4.55. The zero-order chi connectivity index (χ0) is 18.1. The number of alkyl halides is 3. The van der Waals surface area contributed by atoms with Crippen molar-refractivity contribution in [3.05, 3.63) is 62.4 Å². The van der Waals surface area contributed by atoms with Gasteiger partial charge in [0.25, 0.3) is 5.91 Å². The van der Waals surface area contributed by atoms with Gasteiger partial charge in [0, 0.05) is 6.20 Å². The van der Waals surface area contributed by atoms with Crippen LogP contribution in [0.15, 0.2) is 30.5 Å². The maximum Gasteiger partial charge on any atom is 0.417 e. The topological polar surface area (TPSA) is 42.0 Å². The van der Waals surface area contributed by atoms with Gasteiger partial charge in [-0.2, -0.15) is 13.2 Å². The predicted octanol–water partition coefficient (Wildman–Crippen LogP) is 5.55. The third kappa shape index (κ3) is 4.12. The Bertz CT molecular complexity index is 761. The van der Waals surface area contributed by atoms with E-state index in [4.69, 9.17) is 34.8 Å². The molecule has 3 nitrogen and oxygen atoms in total. The smallest absolute Gasteiger partial charge is 0.344 e. The fourth-order valence-corrected chi connectivity index (χ4v) is 2.87. The number of carbonyl (C=O) groups excluding carboxylic acids is 1. The van der Waals surface area contributed by atoms with Gasteiger partial charge in [0.05, 0.1) is 37.9 Å². The summed E-state index contributed by atoms with van der Waals surface area (Å²) in [7, 11) is 0. The number of halogens is 6. The number of rotatable bonds is 3. The van der Waals surface area contributed by atoms with Crippen molar-refractivity contribution >= 4 is 40.7 Å². The Kier molecular flexibility index (Phi) is 5.63. The van der Waals surface area contributed by atoms with Crippen LogP contribution in [0.5, 0.6) is 0 Å². The Morgan fingerprint density at radius 3 is 2.25 bits per heavy atom. The highest BCUT2D eigenvalue weighted by molar-refractivity contribution is 6.39. The van der Waals surface area contributed by atoms with E-state index in [9.17, 15) is 18.0 Å². The van der Waals surface area contributed by atoms with Crippen LogP contribution >= 0.6 is 34.8 Å². The Labute approximate surface area is 150 Å². The molecule has 0 spiro atoms. The molecule has 24 heavy (non-hydrogen) atoms. The van der Waals surface area contributed by atoms with Crippen molar-refractivity contribution in [2.75, 3.05) is 0 Å². The van der Waals surface area contributed by atoms with Gasteiger partial charge >= 0.3 is 6.18 Å². The van der Waals surface area contributed by atoms with Gasteiger partial charge in [-0.15, -0.1) is 0 Å². The van der Waals surface area contributed by atoms with E-state index in [1.165, 1.54) is 19.1 Å². The van der Waals surface area contributed by atoms with Crippen molar-refractivity contribution < 1.29 is 18.0 Å². The summed E-state index contributed by atoms with van der Waals surface area (Å²) >= 11 is 17.7. The van der Waals surface area contributed by atoms with Gasteiger partial charge in [-0.05, 0) is 25.1 Å². The standard InChI is InChI=1S/C15H10Cl3F3N2O/c1-7(13-11(18)5-8(6-22-13)15(19,20)21)23-14(24)12-9(16)3-2-4-10(12)17/h2-7H,1H3,(H,23,24)/t7-/m1/s1. The number of pyridine rings is 1. The van der Waals surface area contributed by atoms with Gasteiger partial charge in [-0.25, -0.2) is 0 Å². The summed E-state index contributed by atoms with van der Waals surface area (Å²) in [5, 5.41) is 2.65. The Hall–Kier alpha value is -1.50. The van der Waals surface area contributed by atoms with E-state index in [1.807, 2.05) is 0 Å². The van der Waals surface area contributed by atoms with Crippen molar-refractivity contribution in [3.8, 4) is 0 Å². The molecule has 0 fully saturated rings. The molecule has 0 unspecified atom stereocenters. The summed E-state index contributed by atoms with van der Waals surface area (Å²) in [6.45, 7) is 1.53. The lowest BCUT2D eigenvalue weighted by molar-refractivity contribution is -0.137. The van der Waals surface area contributed by atoms with E-state index in [0.29, 0.717) is 6.20 Å². The predicted molar refractivity (Wildman–Crippen MR) is 86.6 cm³/mol. The SMILES string of the molecule is C[C@@H](NC(=O)c1c(Cl)cccc1Cl)c1ncc(C(F)(F)F)cc1Cl. The summed E-state index contributed by atoms with van der Waals surface area (Å²) in [5.74, 6) is -0.587. The number of nitrogens with zero attached hydrogens (tertiary/aromatic N) is 1. The van der Waals surface area contributed by atoms with Crippen LogP contribution < -0.4 is 5.32 Å². The van der Waals surface area contributed by atoms with Crippen LogP contribution in [0.4, 0.5) is 13.2 Å². The van der Waals surface area contributed by atoms with Crippen molar-refractivity contribution in [1.29, 1.82) is 0 Å². The van der Waals surface area contributed by atoms with Crippen LogP contribution in [0.2, 0.25) is 15.1 Å². The lowest BCUT2D eigenvalue weighted by Crippen LogP contribution is -2.28. The minimum absolute atomic E-state index is 0.0655. The number of benzene rings is 1. The molecule has 1 aromatic carbocycles. The third-order valence-corrected chi connectivity index (χ3v) is 4.08. The van der Waals surface area contributed by atoms with E-state index < -0.39 is 23.7 Å². The molecule has 0 saturated heterocycles. The first kappa shape index (κ1) is 18.8. The summed E-state index contributed by atoms with van der Waals surface area (Å²) < 4.78 is 37.9. The number of carbonyl (C=O) groups is 1. The normalized spacial score (nSPS) is 12.8. The number of hydrogen-bond donors (Lipinski definition) is 1. The van der Waals surface area contributed by atoms with Crippen LogP contribution in [-0.2, 0) is 6.18 Å². The quantitative estimate of drug-likeness (QED) is 0.737. The van der Waals surface area contributed by atoms with E-state index in [0.717, 1.165) is 6.07 Å². The average molecular weight is 398 g/mol. The summed E-state index contributed by atoms with van der Waals surface area (Å²) in [6, 6.07) is 4.58. The maximum atomic E-state index is 12.6. The second-order valence-corrected chi connectivity index (χ2v) is 6.10. The molecule has 0 saturated carbocycles. The molecule has 9 heteroatoms. The van der Waals surface area contributed by atoms with E-state index in [-0.39, 0.29) is 26.3 Å². The lowest BCUT2D eigenvalue weighted by atomic mass is 10.1. The van der Waals surface area contributed by atoms with E-state index in [1.54, 1.807) is 6.07 Å². The summed E-state index contributed by atoms with van der Waals surface area (Å²) in [4.78, 5) is 16.0. The monoisotopic (exact) mass is 396 g/mol. The van der Waals surface area contributed by atoms with Crippen LogP contribution in [0.3, 0.4) is 0 Å². The van der Waals surface area contributed by atoms with Crippen molar-refractivity contribution in [2.45, 2.75) is 19.1 Å². The summed E-state index contributed by atoms with van der Waals surface area (Å²) in [5.41, 5.74) is -0.805. The molecule has 0 aliphatic heterocycles. The second kappa shape index (κ2) is 7.17. The second-order valence-electron chi connectivity index (χ2n) is 4.88. The fourth-order valence-electron chi connectivity index (χ4n) is 1.97. The molecule has 2 aromatic rings. The zero-order valence-electron chi connectivity index (χ0n) is 12.1. The van der Waals surface area contributed by atoms with Crippen molar-refractivity contribution in [2.24, 2.45) is 0 Å². The number of aromatic nitrogens is 1. The molecule has 2 rings (SSSR count). The minimum Gasteiger partial charge on any atom is -0.344 e. The van der Waals surface area contributed by atoms with Gasteiger partial charge in [0.2, 0.25) is 0 Å². The molecule has 1 atom stereocenters. The molecular weight excluding hydrogens is 388 g/mol. The van der Waals surface area contributed by atoms with E-state index in [2.05, 4.69) is 10.3 Å². The maximum absolute atomic E-state index is 12.6. The highest BCUT2D eigenvalue weighted by Gasteiger charge is 2.32. The van der Waals surface area contributed by atoms with Gasteiger partial charge in [-0.3, -0.25) is 9.78 Å². The molecule has 128 valence electrons. The molecule has 0 radical (unpaired) electrons. The first-order valence-corrected chi connectivity index (χ1v) is 7.72. The first-order valence-electron chi connectivity index (χ1n) is 6.58. The van der Waals surface area contributed by atoms with Crippen molar-refractivity contribution in [3.63, 3.8) is 0 Å². The van der Waals surface area contributed by atoms with Gasteiger partial charge in [-0.1, -0.05) is 40.9 Å². The van der Waals surface area contributed by atoms with Crippen LogP contribution in [0.25, 0.3) is 0 Å². The molecular formula is C15H10Cl3F3N2O. The van der Waals surface area contributed by atoms with Crippen LogP contribution in [0, 0.1) is 0 Å². The Morgan fingerprint density at radius 2 is 1.75 bits per heavy atom. The Balaban J connectivity index is 2.24. The van der Waals surface area contributed by atoms with Crippen LogP contribution in [0.1, 0.15) is 34.6 Å². The number of hydrogen-bond acceptors (Lipinski definition) is 2. The molecule has 0 aliphatic carbocycles. The van der Waals surface area contributed by atoms with Crippen LogP contribution in [-0.4, -0.2) is 10.9 Å². The highest BCUT2D eigenvalue weighted by Crippen LogP contribution is 2.32. The van der Waals surface area contributed by atoms with Gasteiger partial charge in [0.15, 0.2) is 0 Å². The summed E-state index contributed by atoms with van der Waals surface area (Å²) in [6.07, 6.45) is -3.89. The number of amides is 1. The van der Waals surface area contributed by atoms with Gasteiger partial charge < -0.3 is 5.32 Å². The van der Waals surface area contributed by atoms with Crippen molar-refractivity contribution in [1.82, 2.24) is 10.3 Å². The molecule has 1 N–H and O–H groups in total. The molecule has 0 aliphatic rings. The average Bonchev–Trinajstić information content (AvgIpc) is 2.45. The lowest BCUT2D eigenvalue weighted by Gasteiger charge is -2.17. The molecule has 1 aromatic heterocycles. The largest absolute Gasteiger partial charge is 0.417 e. The fraction of sp³-hybridized carbons (Fsp3) is 0.200. The van der Waals surface area contributed by atoms with Gasteiger partial charge in [0.1, 0.15) is 0 Å². The highest BCUT2D eigenvalue weighted by atomic mass is 35.5. The third-order valence-electron chi connectivity index (χ3n) is 3.14. The molecule has 1 heterocycles. The first-order chi connectivity index (χ1) is 11.1. The van der Waals surface area contributed by atoms with E-state index >= 15 is 0 Å².